The van der Waals surface area contributed by atoms with Gasteiger partial charge < -0.3 is 9.67 Å². The van der Waals surface area contributed by atoms with Crippen LogP contribution in [0.1, 0.15) is 10.6 Å². The van der Waals surface area contributed by atoms with Crippen molar-refractivity contribution in [2.24, 2.45) is 7.05 Å². The zero-order chi connectivity index (χ0) is 11.2. The molecular weight excluding hydrogens is 214 g/mol. The molecule has 0 bridgehead atoms. The molecule has 0 fully saturated rings. The van der Waals surface area contributed by atoms with Crippen LogP contribution in [0, 0.1) is 18.3 Å². The Hall–Kier alpha value is -1.87. The number of rotatable bonds is 0. The van der Waals surface area contributed by atoms with Crippen LogP contribution in [0.4, 0.5) is 0 Å². The average Bonchev–Trinajstić information content (AvgIpc) is 2.58. The van der Waals surface area contributed by atoms with E-state index < -0.39 is 5.56 Å². The molecule has 0 aromatic carbocycles. The van der Waals surface area contributed by atoms with Gasteiger partial charge in [-0.1, -0.05) is 0 Å². The standard InChI is InChI=1S/C9H7N3O2S/c1-4-11-6-7(13)5(3-10)8(14)12(2)9(6)15-4/h13H,1-2H3. The van der Waals surface area contributed by atoms with Crippen LogP contribution >= 0.6 is 11.3 Å². The summed E-state index contributed by atoms with van der Waals surface area (Å²) < 4.78 is 1.33. The lowest BCUT2D eigenvalue weighted by Gasteiger charge is -2.01. The van der Waals surface area contributed by atoms with Crippen molar-refractivity contribution in [3.63, 3.8) is 0 Å². The van der Waals surface area contributed by atoms with Crippen molar-refractivity contribution < 1.29 is 5.11 Å². The van der Waals surface area contributed by atoms with Crippen LogP contribution in [0.25, 0.3) is 10.3 Å². The molecule has 0 aliphatic carbocycles. The minimum Gasteiger partial charge on any atom is -0.504 e. The second kappa shape index (κ2) is 3.07. The van der Waals surface area contributed by atoms with E-state index in [1.54, 1.807) is 20.0 Å². The quantitative estimate of drug-likeness (QED) is 0.716. The Kier molecular flexibility index (Phi) is 1.98. The van der Waals surface area contributed by atoms with Crippen LogP contribution in [-0.2, 0) is 7.05 Å². The van der Waals surface area contributed by atoms with Crippen molar-refractivity contribution in [1.29, 1.82) is 5.26 Å². The van der Waals surface area contributed by atoms with Crippen molar-refractivity contribution in [3.8, 4) is 11.8 Å². The van der Waals surface area contributed by atoms with Gasteiger partial charge in [0.25, 0.3) is 5.56 Å². The highest BCUT2D eigenvalue weighted by molar-refractivity contribution is 7.18. The molecule has 0 atom stereocenters. The second-order valence-electron chi connectivity index (χ2n) is 3.09. The molecule has 5 nitrogen and oxygen atoms in total. The van der Waals surface area contributed by atoms with Gasteiger partial charge in [-0.15, -0.1) is 11.3 Å². The highest BCUT2D eigenvalue weighted by Crippen LogP contribution is 2.28. The number of fused-ring (bicyclic) bond motifs is 1. The largest absolute Gasteiger partial charge is 0.504 e. The van der Waals surface area contributed by atoms with E-state index >= 15 is 0 Å². The van der Waals surface area contributed by atoms with Crippen molar-refractivity contribution in [2.75, 3.05) is 0 Å². The number of aromatic hydroxyl groups is 1. The van der Waals surface area contributed by atoms with Crippen molar-refractivity contribution in [3.05, 3.63) is 20.9 Å². The van der Waals surface area contributed by atoms with Gasteiger partial charge in [0, 0.05) is 7.05 Å². The number of nitrogens with zero attached hydrogens (tertiary/aromatic N) is 3. The number of thiazole rings is 1. The van der Waals surface area contributed by atoms with Gasteiger partial charge in [-0.2, -0.15) is 5.26 Å². The molecular formula is C9H7N3O2S. The Morgan fingerprint density at radius 3 is 2.87 bits per heavy atom. The van der Waals surface area contributed by atoms with Gasteiger partial charge in [-0.3, -0.25) is 4.79 Å². The Morgan fingerprint density at radius 2 is 2.27 bits per heavy atom. The predicted molar refractivity (Wildman–Crippen MR) is 56.0 cm³/mol. The molecule has 0 spiro atoms. The average molecular weight is 221 g/mol. The zero-order valence-corrected chi connectivity index (χ0v) is 8.92. The molecule has 0 aliphatic heterocycles. The molecule has 0 aliphatic rings. The monoisotopic (exact) mass is 221 g/mol. The molecule has 2 aromatic rings. The van der Waals surface area contributed by atoms with E-state index in [4.69, 9.17) is 5.26 Å². The summed E-state index contributed by atoms with van der Waals surface area (Å²) in [6.45, 7) is 1.78. The Morgan fingerprint density at radius 1 is 1.60 bits per heavy atom. The fourth-order valence-corrected chi connectivity index (χ4v) is 2.25. The van der Waals surface area contributed by atoms with Gasteiger partial charge in [0.05, 0.1) is 5.01 Å². The molecule has 0 saturated carbocycles. The lowest BCUT2D eigenvalue weighted by atomic mass is 10.2. The van der Waals surface area contributed by atoms with Gasteiger partial charge in [-0.05, 0) is 6.92 Å². The fraction of sp³-hybridized carbons (Fsp3) is 0.222. The van der Waals surface area contributed by atoms with Crippen LogP contribution in [0.5, 0.6) is 5.75 Å². The van der Waals surface area contributed by atoms with E-state index in [0.29, 0.717) is 10.3 Å². The van der Waals surface area contributed by atoms with E-state index in [0.717, 1.165) is 5.01 Å². The number of hydrogen-bond donors (Lipinski definition) is 1. The van der Waals surface area contributed by atoms with Gasteiger partial charge in [0.1, 0.15) is 16.4 Å². The van der Waals surface area contributed by atoms with Crippen molar-refractivity contribution >= 4 is 21.7 Å². The molecule has 0 amide bonds. The van der Waals surface area contributed by atoms with Crippen LogP contribution in [0.3, 0.4) is 0 Å². The molecule has 0 saturated heterocycles. The van der Waals surface area contributed by atoms with Crippen LogP contribution in [-0.4, -0.2) is 14.7 Å². The molecule has 0 unspecified atom stereocenters. The number of pyridine rings is 1. The van der Waals surface area contributed by atoms with Crippen molar-refractivity contribution in [2.45, 2.75) is 6.92 Å². The van der Waals surface area contributed by atoms with Gasteiger partial charge in [0.2, 0.25) is 0 Å². The van der Waals surface area contributed by atoms with Gasteiger partial charge in [0.15, 0.2) is 11.3 Å². The Balaban J connectivity index is 3.10. The first-order valence-corrected chi connectivity index (χ1v) is 4.97. The van der Waals surface area contributed by atoms with Crippen molar-refractivity contribution in [1.82, 2.24) is 9.55 Å². The maximum absolute atomic E-state index is 11.6. The number of nitriles is 1. The molecule has 1 N–H and O–H groups in total. The second-order valence-corrected chi connectivity index (χ2v) is 4.27. The summed E-state index contributed by atoms with van der Waals surface area (Å²) in [5.41, 5.74) is -0.433. The molecule has 76 valence electrons. The lowest BCUT2D eigenvalue weighted by Crippen LogP contribution is -2.19. The van der Waals surface area contributed by atoms with Crippen LogP contribution in [0.15, 0.2) is 4.79 Å². The number of hydrogen-bond acceptors (Lipinski definition) is 5. The maximum atomic E-state index is 11.6. The summed E-state index contributed by atoms with van der Waals surface area (Å²) in [6.07, 6.45) is 0. The normalized spacial score (nSPS) is 10.5. The lowest BCUT2D eigenvalue weighted by molar-refractivity contribution is 0.476. The SMILES string of the molecule is Cc1nc2c(O)c(C#N)c(=O)n(C)c2s1. The summed E-state index contributed by atoms with van der Waals surface area (Å²) in [6, 6.07) is 1.69. The fourth-order valence-electron chi connectivity index (χ4n) is 1.38. The number of aromatic nitrogens is 2. The van der Waals surface area contributed by atoms with E-state index in [2.05, 4.69) is 4.98 Å². The molecule has 15 heavy (non-hydrogen) atoms. The summed E-state index contributed by atoms with van der Waals surface area (Å²) in [5.74, 6) is -0.319. The first-order chi connectivity index (χ1) is 7.06. The topological polar surface area (TPSA) is 78.9 Å². The molecule has 0 radical (unpaired) electrons. The third-order valence-electron chi connectivity index (χ3n) is 2.11. The smallest absolute Gasteiger partial charge is 0.273 e. The first-order valence-electron chi connectivity index (χ1n) is 4.15. The third kappa shape index (κ3) is 1.21. The predicted octanol–water partition coefficient (Wildman–Crippen LogP) is 0.881. The Bertz CT molecular complexity index is 648. The zero-order valence-electron chi connectivity index (χ0n) is 8.11. The molecule has 2 rings (SSSR count). The van der Waals surface area contributed by atoms with Gasteiger partial charge >= 0.3 is 0 Å². The first kappa shape index (κ1) is 9.68. The summed E-state index contributed by atoms with van der Waals surface area (Å²) in [5, 5.41) is 19.2. The van der Waals surface area contributed by atoms with E-state index in [1.807, 2.05) is 0 Å². The highest BCUT2D eigenvalue weighted by Gasteiger charge is 2.17. The minimum atomic E-state index is -0.494. The summed E-state index contributed by atoms with van der Waals surface area (Å²) in [7, 11) is 1.56. The van der Waals surface area contributed by atoms with E-state index in [1.165, 1.54) is 15.9 Å². The summed E-state index contributed by atoms with van der Waals surface area (Å²) >= 11 is 1.31. The minimum absolute atomic E-state index is 0.254. The van der Waals surface area contributed by atoms with Crippen LogP contribution < -0.4 is 5.56 Å². The number of aryl methyl sites for hydroxylation is 2. The molecule has 6 heteroatoms. The third-order valence-corrected chi connectivity index (χ3v) is 3.16. The highest BCUT2D eigenvalue weighted by atomic mass is 32.1. The van der Waals surface area contributed by atoms with E-state index in [-0.39, 0.29) is 11.3 Å². The molecule has 2 heterocycles. The van der Waals surface area contributed by atoms with Gasteiger partial charge in [-0.25, -0.2) is 4.98 Å². The molecule has 2 aromatic heterocycles. The Labute approximate surface area is 88.8 Å². The van der Waals surface area contributed by atoms with E-state index in [9.17, 15) is 9.90 Å². The maximum Gasteiger partial charge on any atom is 0.273 e. The summed E-state index contributed by atoms with van der Waals surface area (Å²) in [4.78, 5) is 16.3. The van der Waals surface area contributed by atoms with Crippen LogP contribution in [0.2, 0.25) is 0 Å².